The largest absolute Gasteiger partial charge is 0.495 e. The van der Waals surface area contributed by atoms with Crippen LogP contribution in [0.1, 0.15) is 15.9 Å². The highest BCUT2D eigenvalue weighted by Gasteiger charge is 2.15. The number of aryl methyl sites for hydroxylation is 1. The molecule has 26 heavy (non-hydrogen) atoms. The van der Waals surface area contributed by atoms with E-state index in [1.54, 1.807) is 36.5 Å². The summed E-state index contributed by atoms with van der Waals surface area (Å²) in [6, 6.07) is 14.3. The Balaban J connectivity index is 1.68. The molecule has 0 aliphatic carbocycles. The minimum Gasteiger partial charge on any atom is -0.495 e. The van der Waals surface area contributed by atoms with Gasteiger partial charge in [-0.15, -0.1) is 0 Å². The first-order valence-corrected chi connectivity index (χ1v) is 8.04. The van der Waals surface area contributed by atoms with Gasteiger partial charge in [0.05, 0.1) is 23.9 Å². The average Bonchev–Trinajstić information content (AvgIpc) is 2.66. The minimum absolute atomic E-state index is 0.323. The van der Waals surface area contributed by atoms with Crippen molar-refractivity contribution in [1.82, 2.24) is 4.98 Å². The Hall–Kier alpha value is -3.41. The van der Waals surface area contributed by atoms with Gasteiger partial charge in [-0.2, -0.15) is 0 Å². The number of amides is 1. The van der Waals surface area contributed by atoms with E-state index in [9.17, 15) is 9.59 Å². The van der Waals surface area contributed by atoms with E-state index < -0.39 is 18.5 Å². The molecule has 0 unspecified atom stereocenters. The zero-order valence-electron chi connectivity index (χ0n) is 14.5. The number of carbonyl (C=O) groups excluding carboxylic acids is 2. The zero-order valence-corrected chi connectivity index (χ0v) is 14.5. The molecule has 0 radical (unpaired) electrons. The number of nitrogens with zero attached hydrogens (tertiary/aromatic N) is 1. The monoisotopic (exact) mass is 350 g/mol. The second-order valence-electron chi connectivity index (χ2n) is 5.71. The summed E-state index contributed by atoms with van der Waals surface area (Å²) in [5.41, 5.74) is 2.37. The number of nitrogens with one attached hydrogen (secondary N) is 1. The van der Waals surface area contributed by atoms with Crippen LogP contribution in [0, 0.1) is 6.92 Å². The Bertz CT molecular complexity index is 964. The summed E-state index contributed by atoms with van der Waals surface area (Å²) in [6.45, 7) is 1.50. The van der Waals surface area contributed by atoms with E-state index >= 15 is 0 Å². The van der Waals surface area contributed by atoms with Gasteiger partial charge in [0.25, 0.3) is 5.91 Å². The van der Waals surface area contributed by atoms with Crippen LogP contribution in [-0.4, -0.2) is 30.6 Å². The fourth-order valence-electron chi connectivity index (χ4n) is 2.58. The number of hydrogen-bond donors (Lipinski definition) is 1. The van der Waals surface area contributed by atoms with Crippen molar-refractivity contribution in [1.29, 1.82) is 0 Å². The van der Waals surface area contributed by atoms with Crippen LogP contribution in [0.3, 0.4) is 0 Å². The molecule has 3 rings (SSSR count). The third-order valence-electron chi connectivity index (χ3n) is 3.82. The molecule has 1 N–H and O–H groups in total. The summed E-state index contributed by atoms with van der Waals surface area (Å²) in [5, 5.41) is 3.52. The second-order valence-corrected chi connectivity index (χ2v) is 5.71. The number of ether oxygens (including phenoxy) is 2. The lowest BCUT2D eigenvalue weighted by Crippen LogP contribution is -2.21. The number of para-hydroxylation sites is 1. The van der Waals surface area contributed by atoms with Crippen LogP contribution in [0.4, 0.5) is 5.69 Å². The summed E-state index contributed by atoms with van der Waals surface area (Å²) < 4.78 is 10.4. The predicted octanol–water partition coefficient (Wildman–Crippen LogP) is 3.35. The van der Waals surface area contributed by atoms with Crippen LogP contribution in [0.25, 0.3) is 10.9 Å². The summed E-state index contributed by atoms with van der Waals surface area (Å²) in [5.74, 6) is -0.510. The molecule has 0 spiro atoms. The van der Waals surface area contributed by atoms with Crippen molar-refractivity contribution in [3.63, 3.8) is 0 Å². The summed E-state index contributed by atoms with van der Waals surface area (Å²) in [4.78, 5) is 28.7. The summed E-state index contributed by atoms with van der Waals surface area (Å²) in [7, 11) is 1.52. The molecular formula is C20H18N2O4. The summed E-state index contributed by atoms with van der Waals surface area (Å²) >= 11 is 0. The van der Waals surface area contributed by atoms with Crippen LogP contribution in [-0.2, 0) is 9.53 Å². The fourth-order valence-corrected chi connectivity index (χ4v) is 2.58. The highest BCUT2D eigenvalue weighted by molar-refractivity contribution is 6.03. The van der Waals surface area contributed by atoms with Crippen molar-refractivity contribution < 1.29 is 19.1 Å². The number of methoxy groups -OCH3 is 1. The quantitative estimate of drug-likeness (QED) is 0.714. The number of anilines is 1. The Morgan fingerprint density at radius 2 is 1.92 bits per heavy atom. The van der Waals surface area contributed by atoms with Gasteiger partial charge in [-0.1, -0.05) is 24.3 Å². The minimum atomic E-state index is -0.597. The Kier molecular flexibility index (Phi) is 5.12. The third-order valence-corrected chi connectivity index (χ3v) is 3.82. The molecule has 0 aliphatic heterocycles. The first-order valence-electron chi connectivity index (χ1n) is 8.04. The Labute approximate surface area is 150 Å². The van der Waals surface area contributed by atoms with E-state index in [2.05, 4.69) is 10.3 Å². The van der Waals surface area contributed by atoms with Gasteiger partial charge in [0.1, 0.15) is 5.75 Å². The Morgan fingerprint density at radius 3 is 2.73 bits per heavy atom. The normalized spacial score (nSPS) is 10.4. The number of hydrogen-bond acceptors (Lipinski definition) is 5. The molecule has 0 aliphatic rings. The van der Waals surface area contributed by atoms with Crippen LogP contribution < -0.4 is 10.1 Å². The van der Waals surface area contributed by atoms with Gasteiger partial charge < -0.3 is 14.8 Å². The van der Waals surface area contributed by atoms with Crippen molar-refractivity contribution in [3.8, 4) is 5.75 Å². The topological polar surface area (TPSA) is 77.5 Å². The van der Waals surface area contributed by atoms with Gasteiger partial charge in [-0.25, -0.2) is 4.79 Å². The SMILES string of the molecule is COc1ccc(C)cc1NC(=O)COC(=O)c1cccc2cccnc12. The molecule has 0 bridgehead atoms. The van der Waals surface area contributed by atoms with E-state index in [1.807, 2.05) is 25.1 Å². The highest BCUT2D eigenvalue weighted by Crippen LogP contribution is 2.25. The van der Waals surface area contributed by atoms with E-state index in [1.165, 1.54) is 7.11 Å². The molecule has 1 amide bonds. The number of benzene rings is 2. The molecule has 0 saturated heterocycles. The van der Waals surface area contributed by atoms with Crippen molar-refractivity contribution in [3.05, 3.63) is 65.9 Å². The van der Waals surface area contributed by atoms with Crippen molar-refractivity contribution >= 4 is 28.5 Å². The lowest BCUT2D eigenvalue weighted by molar-refractivity contribution is -0.119. The van der Waals surface area contributed by atoms with E-state index in [-0.39, 0.29) is 0 Å². The molecule has 0 fully saturated rings. The number of pyridine rings is 1. The molecule has 6 nitrogen and oxygen atoms in total. The number of aromatic nitrogens is 1. The van der Waals surface area contributed by atoms with E-state index in [0.29, 0.717) is 22.5 Å². The number of esters is 1. The van der Waals surface area contributed by atoms with Crippen LogP contribution >= 0.6 is 0 Å². The van der Waals surface area contributed by atoms with Gasteiger partial charge in [0.2, 0.25) is 0 Å². The van der Waals surface area contributed by atoms with Gasteiger partial charge in [0, 0.05) is 11.6 Å². The molecule has 6 heteroatoms. The lowest BCUT2D eigenvalue weighted by atomic mass is 10.1. The molecule has 0 saturated carbocycles. The van der Waals surface area contributed by atoms with Gasteiger partial charge >= 0.3 is 5.97 Å². The van der Waals surface area contributed by atoms with Crippen LogP contribution in [0.5, 0.6) is 5.75 Å². The van der Waals surface area contributed by atoms with Gasteiger partial charge in [0.15, 0.2) is 6.61 Å². The van der Waals surface area contributed by atoms with Crippen LogP contribution in [0.15, 0.2) is 54.7 Å². The second kappa shape index (κ2) is 7.65. The molecule has 0 atom stereocenters. The molecular weight excluding hydrogens is 332 g/mol. The van der Waals surface area contributed by atoms with Gasteiger partial charge in [-0.3, -0.25) is 9.78 Å². The van der Waals surface area contributed by atoms with Gasteiger partial charge in [-0.05, 0) is 36.8 Å². The van der Waals surface area contributed by atoms with E-state index in [4.69, 9.17) is 9.47 Å². The third kappa shape index (κ3) is 3.80. The first kappa shape index (κ1) is 17.4. The standard InChI is InChI=1S/C20H18N2O4/c1-13-8-9-17(25-2)16(11-13)22-18(23)12-26-20(24)15-7-3-5-14-6-4-10-21-19(14)15/h3-11H,12H2,1-2H3,(H,22,23). The molecule has 1 heterocycles. The molecule has 2 aromatic carbocycles. The molecule has 1 aromatic heterocycles. The van der Waals surface area contributed by atoms with Crippen molar-refractivity contribution in [2.24, 2.45) is 0 Å². The maximum atomic E-state index is 12.3. The van der Waals surface area contributed by atoms with Crippen molar-refractivity contribution in [2.45, 2.75) is 6.92 Å². The predicted molar refractivity (Wildman–Crippen MR) is 98.4 cm³/mol. The maximum Gasteiger partial charge on any atom is 0.340 e. The lowest BCUT2D eigenvalue weighted by Gasteiger charge is -2.11. The molecule has 132 valence electrons. The molecule has 3 aromatic rings. The number of carbonyl (C=O) groups is 2. The Morgan fingerprint density at radius 1 is 1.12 bits per heavy atom. The summed E-state index contributed by atoms with van der Waals surface area (Å²) in [6.07, 6.45) is 1.61. The van der Waals surface area contributed by atoms with E-state index in [0.717, 1.165) is 10.9 Å². The number of fused-ring (bicyclic) bond motifs is 1. The smallest absolute Gasteiger partial charge is 0.340 e. The fraction of sp³-hybridized carbons (Fsp3) is 0.150. The number of rotatable bonds is 5. The first-order chi connectivity index (χ1) is 12.6. The zero-order chi connectivity index (χ0) is 18.5. The van der Waals surface area contributed by atoms with Crippen LogP contribution in [0.2, 0.25) is 0 Å². The average molecular weight is 350 g/mol. The maximum absolute atomic E-state index is 12.3. The highest BCUT2D eigenvalue weighted by atomic mass is 16.5. The van der Waals surface area contributed by atoms with Crippen molar-refractivity contribution in [2.75, 3.05) is 19.0 Å².